The minimum absolute atomic E-state index is 0.0429. The number of hydrogen-bond donors (Lipinski definition) is 2. The lowest BCUT2D eigenvalue weighted by Crippen LogP contribution is -2.42. The van der Waals surface area contributed by atoms with E-state index in [4.69, 9.17) is 0 Å². The average molecular weight is 316 g/mol. The Balaban J connectivity index is 1.60. The molecule has 0 unspecified atom stereocenters. The monoisotopic (exact) mass is 316 g/mol. The van der Waals surface area contributed by atoms with E-state index in [1.54, 1.807) is 29.4 Å². The number of carbonyl (C=O) groups is 1. The summed E-state index contributed by atoms with van der Waals surface area (Å²) in [5.41, 5.74) is 1.20. The van der Waals surface area contributed by atoms with Gasteiger partial charge in [0.25, 0.3) is 0 Å². The molecule has 1 aliphatic heterocycles. The summed E-state index contributed by atoms with van der Waals surface area (Å²) >= 11 is 0. The van der Waals surface area contributed by atoms with Crippen LogP contribution >= 0.6 is 0 Å². The summed E-state index contributed by atoms with van der Waals surface area (Å²) < 4.78 is 15.8. The highest BCUT2D eigenvalue weighted by molar-refractivity contribution is 5.78. The fourth-order valence-electron chi connectivity index (χ4n) is 2.97. The van der Waals surface area contributed by atoms with Crippen molar-refractivity contribution in [1.29, 1.82) is 0 Å². The van der Waals surface area contributed by atoms with Crippen LogP contribution in [0.4, 0.5) is 4.39 Å². The Bertz CT molecular complexity index is 671. The molecular formula is C17H21FN4O. The first kappa shape index (κ1) is 15.7. The number of rotatable bonds is 4. The Kier molecular flexibility index (Phi) is 4.71. The van der Waals surface area contributed by atoms with Crippen LogP contribution in [0.25, 0.3) is 5.69 Å². The first-order valence-corrected chi connectivity index (χ1v) is 7.91. The minimum atomic E-state index is -0.328. The van der Waals surface area contributed by atoms with Gasteiger partial charge in [0.15, 0.2) is 0 Å². The molecule has 1 amide bonds. The Morgan fingerprint density at radius 2 is 2.39 bits per heavy atom. The Morgan fingerprint density at radius 1 is 1.52 bits per heavy atom. The lowest BCUT2D eigenvalue weighted by atomic mass is 9.92. The molecule has 2 N–H and O–H groups in total. The van der Waals surface area contributed by atoms with E-state index in [9.17, 15) is 9.18 Å². The molecule has 0 spiro atoms. The van der Waals surface area contributed by atoms with Crippen LogP contribution in [0.3, 0.4) is 0 Å². The van der Waals surface area contributed by atoms with Crippen LogP contribution in [0, 0.1) is 11.7 Å². The third-order valence-electron chi connectivity index (χ3n) is 4.26. The van der Waals surface area contributed by atoms with Gasteiger partial charge < -0.3 is 15.2 Å². The van der Waals surface area contributed by atoms with E-state index in [-0.39, 0.29) is 17.6 Å². The van der Waals surface area contributed by atoms with Gasteiger partial charge in [0.05, 0.1) is 12.0 Å². The van der Waals surface area contributed by atoms with Crippen LogP contribution in [0.1, 0.15) is 25.3 Å². The van der Waals surface area contributed by atoms with Gasteiger partial charge in [-0.25, -0.2) is 9.37 Å². The number of halogens is 1. The van der Waals surface area contributed by atoms with Gasteiger partial charge in [0, 0.05) is 30.9 Å². The van der Waals surface area contributed by atoms with E-state index in [0.29, 0.717) is 18.3 Å². The van der Waals surface area contributed by atoms with Crippen molar-refractivity contribution in [2.75, 3.05) is 6.54 Å². The van der Waals surface area contributed by atoms with Crippen LogP contribution in [0.2, 0.25) is 0 Å². The number of aromatic nitrogens is 2. The van der Waals surface area contributed by atoms with Gasteiger partial charge in [-0.05, 0) is 44.0 Å². The van der Waals surface area contributed by atoms with Gasteiger partial charge >= 0.3 is 0 Å². The normalized spacial score (nSPS) is 21.1. The van der Waals surface area contributed by atoms with Crippen molar-refractivity contribution in [1.82, 2.24) is 20.2 Å². The van der Waals surface area contributed by atoms with Crippen LogP contribution < -0.4 is 10.6 Å². The van der Waals surface area contributed by atoms with Gasteiger partial charge in [0.2, 0.25) is 5.91 Å². The number of imidazole rings is 1. The third kappa shape index (κ3) is 3.76. The molecule has 122 valence electrons. The second kappa shape index (κ2) is 6.91. The van der Waals surface area contributed by atoms with Crippen LogP contribution in [0.5, 0.6) is 0 Å². The topological polar surface area (TPSA) is 59.0 Å². The lowest BCUT2D eigenvalue weighted by Gasteiger charge is -2.27. The molecular weight excluding hydrogens is 295 g/mol. The standard InChI is InChI=1S/C17H21FN4O/c1-12-8-14(4-5-20-12)17(23)21-10-13-2-3-16(15(18)9-13)22-7-6-19-11-22/h2-3,6-7,9,11-12,14,20H,4-5,8,10H2,1H3,(H,21,23)/t12-,14-/m0/s1. The number of amides is 1. The predicted molar refractivity (Wildman–Crippen MR) is 85.6 cm³/mol. The van der Waals surface area contributed by atoms with E-state index in [1.165, 1.54) is 6.07 Å². The number of benzene rings is 1. The van der Waals surface area contributed by atoms with E-state index in [1.807, 2.05) is 6.07 Å². The van der Waals surface area contributed by atoms with Gasteiger partial charge in [-0.2, -0.15) is 0 Å². The van der Waals surface area contributed by atoms with Gasteiger partial charge in [-0.15, -0.1) is 0 Å². The maximum absolute atomic E-state index is 14.2. The smallest absolute Gasteiger partial charge is 0.223 e. The molecule has 6 heteroatoms. The molecule has 0 aliphatic carbocycles. The Hall–Kier alpha value is -2.21. The van der Waals surface area contributed by atoms with Crippen molar-refractivity contribution >= 4 is 5.91 Å². The first-order chi connectivity index (χ1) is 11.1. The van der Waals surface area contributed by atoms with E-state index < -0.39 is 0 Å². The van der Waals surface area contributed by atoms with Crippen LogP contribution in [0.15, 0.2) is 36.9 Å². The highest BCUT2D eigenvalue weighted by Gasteiger charge is 2.24. The number of hydrogen-bond acceptors (Lipinski definition) is 3. The van der Waals surface area contributed by atoms with E-state index in [2.05, 4.69) is 22.5 Å². The first-order valence-electron chi connectivity index (χ1n) is 7.91. The molecule has 0 bridgehead atoms. The molecule has 1 aliphatic rings. The SMILES string of the molecule is C[C@H]1C[C@@H](C(=O)NCc2ccc(-n3ccnc3)c(F)c2)CCN1. The second-order valence-corrected chi connectivity index (χ2v) is 6.05. The molecule has 1 saturated heterocycles. The minimum Gasteiger partial charge on any atom is -0.352 e. The molecule has 1 aromatic carbocycles. The van der Waals surface area contributed by atoms with E-state index in [0.717, 1.165) is 24.9 Å². The van der Waals surface area contributed by atoms with Crippen molar-refractivity contribution < 1.29 is 9.18 Å². The lowest BCUT2D eigenvalue weighted by molar-refractivity contribution is -0.126. The van der Waals surface area contributed by atoms with Crippen molar-refractivity contribution in [3.05, 3.63) is 48.3 Å². The van der Waals surface area contributed by atoms with Crippen LogP contribution in [-0.2, 0) is 11.3 Å². The Labute approximate surface area is 134 Å². The van der Waals surface area contributed by atoms with Crippen molar-refractivity contribution in [3.63, 3.8) is 0 Å². The fourth-order valence-corrected chi connectivity index (χ4v) is 2.97. The fraction of sp³-hybridized carbons (Fsp3) is 0.412. The summed E-state index contributed by atoms with van der Waals surface area (Å²) in [5.74, 6) is -0.232. The summed E-state index contributed by atoms with van der Waals surface area (Å²) in [5, 5.41) is 6.25. The summed E-state index contributed by atoms with van der Waals surface area (Å²) in [4.78, 5) is 16.1. The maximum atomic E-state index is 14.2. The molecule has 2 aromatic rings. The summed E-state index contributed by atoms with van der Waals surface area (Å²) in [7, 11) is 0. The summed E-state index contributed by atoms with van der Waals surface area (Å²) in [6.45, 7) is 3.30. The zero-order valence-electron chi connectivity index (χ0n) is 13.1. The number of nitrogens with zero attached hydrogens (tertiary/aromatic N) is 2. The van der Waals surface area contributed by atoms with Crippen molar-refractivity contribution in [2.45, 2.75) is 32.4 Å². The predicted octanol–water partition coefficient (Wildman–Crippen LogP) is 2.02. The molecule has 1 aromatic heterocycles. The molecule has 0 saturated carbocycles. The largest absolute Gasteiger partial charge is 0.352 e. The van der Waals surface area contributed by atoms with Gasteiger partial charge in [-0.3, -0.25) is 4.79 Å². The molecule has 1 fully saturated rings. The Morgan fingerprint density at radius 3 is 3.09 bits per heavy atom. The summed E-state index contributed by atoms with van der Waals surface area (Å²) in [6, 6.07) is 5.35. The number of carbonyl (C=O) groups excluding carboxylic acids is 1. The zero-order chi connectivity index (χ0) is 16.2. The molecule has 23 heavy (non-hydrogen) atoms. The van der Waals surface area contributed by atoms with Gasteiger partial charge in [0.1, 0.15) is 5.82 Å². The molecule has 2 atom stereocenters. The summed E-state index contributed by atoms with van der Waals surface area (Å²) in [6.07, 6.45) is 6.55. The molecule has 0 radical (unpaired) electrons. The molecule has 5 nitrogen and oxygen atoms in total. The van der Waals surface area contributed by atoms with Crippen molar-refractivity contribution in [3.8, 4) is 5.69 Å². The zero-order valence-corrected chi connectivity index (χ0v) is 13.1. The highest BCUT2D eigenvalue weighted by atomic mass is 19.1. The number of nitrogens with one attached hydrogen (secondary N) is 2. The second-order valence-electron chi connectivity index (χ2n) is 6.05. The van der Waals surface area contributed by atoms with Crippen molar-refractivity contribution in [2.24, 2.45) is 5.92 Å². The van der Waals surface area contributed by atoms with Crippen LogP contribution in [-0.4, -0.2) is 28.0 Å². The van der Waals surface area contributed by atoms with Gasteiger partial charge in [-0.1, -0.05) is 6.07 Å². The average Bonchev–Trinajstić information content (AvgIpc) is 3.07. The number of piperidine rings is 1. The third-order valence-corrected chi connectivity index (χ3v) is 4.26. The quantitative estimate of drug-likeness (QED) is 0.907. The van der Waals surface area contributed by atoms with E-state index >= 15 is 0 Å². The molecule has 3 rings (SSSR count). The highest BCUT2D eigenvalue weighted by Crippen LogP contribution is 2.17. The molecule has 2 heterocycles. The maximum Gasteiger partial charge on any atom is 0.223 e.